The van der Waals surface area contributed by atoms with Crippen molar-refractivity contribution in [1.82, 2.24) is 5.32 Å². The molecule has 3 heteroatoms. The lowest BCUT2D eigenvalue weighted by molar-refractivity contribution is 0.0291. The lowest BCUT2D eigenvalue weighted by atomic mass is 10.3. The maximum Gasteiger partial charge on any atom is 0.0928 e. The van der Waals surface area contributed by atoms with E-state index in [0.717, 1.165) is 19.5 Å². The van der Waals surface area contributed by atoms with E-state index in [2.05, 4.69) is 17.2 Å². The molecule has 0 saturated heterocycles. The Bertz CT molecular complexity index is 160. The van der Waals surface area contributed by atoms with Crippen molar-refractivity contribution in [1.29, 1.82) is 0 Å². The first-order chi connectivity index (χ1) is 6.35. The third-order valence-corrected chi connectivity index (χ3v) is 1.66. The summed E-state index contributed by atoms with van der Waals surface area (Å²) in [5.41, 5.74) is 0. The van der Waals surface area contributed by atoms with Gasteiger partial charge in [0, 0.05) is 33.7 Å². The van der Waals surface area contributed by atoms with E-state index in [1.807, 2.05) is 6.92 Å². The summed E-state index contributed by atoms with van der Waals surface area (Å²) in [5.74, 6) is 5.84. The van der Waals surface area contributed by atoms with Crippen LogP contribution in [-0.2, 0) is 9.47 Å². The van der Waals surface area contributed by atoms with Gasteiger partial charge in [-0.15, -0.1) is 11.8 Å². The number of hydrogen-bond donors (Lipinski definition) is 1. The molecule has 1 atom stereocenters. The predicted octanol–water partition coefficient (Wildman–Crippen LogP) is 0.651. The Morgan fingerprint density at radius 3 is 2.69 bits per heavy atom. The van der Waals surface area contributed by atoms with E-state index in [0.29, 0.717) is 6.61 Å². The highest BCUT2D eigenvalue weighted by Crippen LogP contribution is 1.88. The van der Waals surface area contributed by atoms with Gasteiger partial charge in [0.1, 0.15) is 0 Å². The summed E-state index contributed by atoms with van der Waals surface area (Å²) in [6.45, 7) is 4.20. The zero-order chi connectivity index (χ0) is 9.94. The Kier molecular flexibility index (Phi) is 9.12. The van der Waals surface area contributed by atoms with Crippen LogP contribution < -0.4 is 5.32 Å². The van der Waals surface area contributed by atoms with Gasteiger partial charge in [0.2, 0.25) is 0 Å². The summed E-state index contributed by atoms with van der Waals surface area (Å²) in [5, 5.41) is 3.25. The first kappa shape index (κ1) is 12.4. The molecule has 0 saturated carbocycles. The highest BCUT2D eigenvalue weighted by molar-refractivity contribution is 4.95. The molecule has 0 aromatic heterocycles. The molecule has 0 aliphatic rings. The standard InChI is InChI=1S/C10H19NO2/c1-4-5-6-7-11-8-10(13-3)9-12-2/h10-11H,6-9H2,1-3H3. The fraction of sp³-hybridized carbons (Fsp3) is 0.800. The van der Waals surface area contributed by atoms with Crippen LogP contribution in [0.25, 0.3) is 0 Å². The van der Waals surface area contributed by atoms with Gasteiger partial charge in [0.15, 0.2) is 0 Å². The van der Waals surface area contributed by atoms with Crippen molar-refractivity contribution in [2.45, 2.75) is 19.4 Å². The largest absolute Gasteiger partial charge is 0.382 e. The van der Waals surface area contributed by atoms with Gasteiger partial charge in [-0.25, -0.2) is 0 Å². The summed E-state index contributed by atoms with van der Waals surface area (Å²) >= 11 is 0. The Balaban J connectivity index is 3.30. The number of hydrogen-bond acceptors (Lipinski definition) is 3. The van der Waals surface area contributed by atoms with Crippen LogP contribution in [0.5, 0.6) is 0 Å². The lowest BCUT2D eigenvalue weighted by Gasteiger charge is -2.14. The molecule has 0 heterocycles. The van der Waals surface area contributed by atoms with Gasteiger partial charge in [-0.3, -0.25) is 0 Å². The van der Waals surface area contributed by atoms with Gasteiger partial charge in [0.25, 0.3) is 0 Å². The first-order valence-corrected chi connectivity index (χ1v) is 4.47. The van der Waals surface area contributed by atoms with E-state index >= 15 is 0 Å². The number of nitrogens with one attached hydrogen (secondary N) is 1. The highest BCUT2D eigenvalue weighted by Gasteiger charge is 2.04. The zero-order valence-electron chi connectivity index (χ0n) is 8.72. The van der Waals surface area contributed by atoms with E-state index in [4.69, 9.17) is 9.47 Å². The molecule has 0 aliphatic carbocycles. The summed E-state index contributed by atoms with van der Waals surface area (Å²) in [7, 11) is 3.37. The Labute approximate surface area is 80.8 Å². The molecular weight excluding hydrogens is 166 g/mol. The maximum absolute atomic E-state index is 5.17. The van der Waals surface area contributed by atoms with E-state index in [1.54, 1.807) is 14.2 Å². The zero-order valence-corrected chi connectivity index (χ0v) is 8.72. The molecule has 3 nitrogen and oxygen atoms in total. The molecule has 1 N–H and O–H groups in total. The van der Waals surface area contributed by atoms with Gasteiger partial charge in [-0.05, 0) is 6.92 Å². The van der Waals surface area contributed by atoms with Gasteiger partial charge in [-0.2, -0.15) is 0 Å². The van der Waals surface area contributed by atoms with E-state index in [-0.39, 0.29) is 6.10 Å². The molecule has 0 aromatic carbocycles. The predicted molar refractivity (Wildman–Crippen MR) is 53.6 cm³/mol. The molecule has 0 rings (SSSR count). The second-order valence-electron chi connectivity index (χ2n) is 2.69. The third kappa shape index (κ3) is 7.79. The van der Waals surface area contributed by atoms with Crippen LogP contribution in [0, 0.1) is 11.8 Å². The quantitative estimate of drug-likeness (QED) is 0.466. The summed E-state index contributed by atoms with van der Waals surface area (Å²) in [6.07, 6.45) is 1.03. The van der Waals surface area contributed by atoms with Gasteiger partial charge in [-0.1, -0.05) is 0 Å². The summed E-state index contributed by atoms with van der Waals surface area (Å²) in [6, 6.07) is 0. The van der Waals surface area contributed by atoms with Crippen LogP contribution in [0.1, 0.15) is 13.3 Å². The molecule has 1 unspecified atom stereocenters. The molecule has 0 amide bonds. The Morgan fingerprint density at radius 1 is 1.38 bits per heavy atom. The lowest BCUT2D eigenvalue weighted by Crippen LogP contribution is -2.32. The number of methoxy groups -OCH3 is 2. The normalized spacial score (nSPS) is 11.9. The van der Waals surface area contributed by atoms with Gasteiger partial charge >= 0.3 is 0 Å². The topological polar surface area (TPSA) is 30.5 Å². The van der Waals surface area contributed by atoms with Crippen LogP contribution in [-0.4, -0.2) is 40.0 Å². The smallest absolute Gasteiger partial charge is 0.0928 e. The van der Waals surface area contributed by atoms with Crippen molar-refractivity contribution in [3.05, 3.63) is 0 Å². The van der Waals surface area contributed by atoms with E-state index in [9.17, 15) is 0 Å². The van der Waals surface area contributed by atoms with Crippen LogP contribution in [0.4, 0.5) is 0 Å². The Hall–Kier alpha value is -0.560. The average molecular weight is 185 g/mol. The summed E-state index contributed by atoms with van der Waals surface area (Å²) < 4.78 is 10.2. The molecule has 76 valence electrons. The van der Waals surface area contributed by atoms with E-state index in [1.165, 1.54) is 0 Å². The van der Waals surface area contributed by atoms with Crippen molar-refractivity contribution in [2.75, 3.05) is 33.9 Å². The average Bonchev–Trinajstić information content (AvgIpc) is 2.16. The molecule has 0 aromatic rings. The molecule has 0 bridgehead atoms. The van der Waals surface area contributed by atoms with Crippen molar-refractivity contribution < 1.29 is 9.47 Å². The first-order valence-electron chi connectivity index (χ1n) is 4.47. The molecule has 0 radical (unpaired) electrons. The van der Waals surface area contributed by atoms with Crippen LogP contribution in [0.3, 0.4) is 0 Å². The van der Waals surface area contributed by atoms with Gasteiger partial charge < -0.3 is 14.8 Å². The van der Waals surface area contributed by atoms with Crippen LogP contribution >= 0.6 is 0 Å². The second-order valence-corrected chi connectivity index (χ2v) is 2.69. The minimum atomic E-state index is 0.139. The molecule has 0 fully saturated rings. The minimum Gasteiger partial charge on any atom is -0.382 e. The van der Waals surface area contributed by atoms with E-state index < -0.39 is 0 Å². The number of rotatable bonds is 7. The Morgan fingerprint density at radius 2 is 2.15 bits per heavy atom. The minimum absolute atomic E-state index is 0.139. The number of ether oxygens (including phenoxy) is 2. The van der Waals surface area contributed by atoms with Crippen molar-refractivity contribution in [2.24, 2.45) is 0 Å². The molecule has 13 heavy (non-hydrogen) atoms. The third-order valence-electron chi connectivity index (χ3n) is 1.66. The van der Waals surface area contributed by atoms with Crippen LogP contribution in [0.15, 0.2) is 0 Å². The fourth-order valence-corrected chi connectivity index (χ4v) is 0.935. The monoisotopic (exact) mass is 185 g/mol. The van der Waals surface area contributed by atoms with Crippen molar-refractivity contribution in [3.63, 3.8) is 0 Å². The van der Waals surface area contributed by atoms with Crippen molar-refractivity contribution in [3.8, 4) is 11.8 Å². The molecular formula is C10H19NO2. The SMILES string of the molecule is CC#CCCNCC(COC)OC. The molecule has 0 aliphatic heterocycles. The van der Waals surface area contributed by atoms with Crippen LogP contribution in [0.2, 0.25) is 0 Å². The summed E-state index contributed by atoms with van der Waals surface area (Å²) in [4.78, 5) is 0. The molecule has 0 spiro atoms. The van der Waals surface area contributed by atoms with Gasteiger partial charge in [0.05, 0.1) is 12.7 Å². The highest BCUT2D eigenvalue weighted by atomic mass is 16.5. The fourth-order valence-electron chi connectivity index (χ4n) is 0.935. The maximum atomic E-state index is 5.17. The second kappa shape index (κ2) is 9.53. The van der Waals surface area contributed by atoms with Crippen molar-refractivity contribution >= 4 is 0 Å².